The standard InChI is InChI=1S/C8H2I4O5S.Na/c9-3-1-2(4(10)6(12)5(3)11)8(17-7(1)13)18(14,15)16;/h8H,(H,14,15,16);/q;+1/p-1. The normalized spacial score (nSPS) is 17.7. The zero-order chi connectivity index (χ0) is 13.8. The number of benzene rings is 1. The molecule has 0 radical (unpaired) electrons. The molecule has 0 aliphatic carbocycles. The van der Waals surface area contributed by atoms with Gasteiger partial charge in [0.05, 0.1) is 5.56 Å². The molecule has 5 nitrogen and oxygen atoms in total. The minimum Gasteiger partial charge on any atom is -0.745 e. The monoisotopic (exact) mass is 740 g/mol. The van der Waals surface area contributed by atoms with Crippen LogP contribution in [0.15, 0.2) is 0 Å². The number of rotatable bonds is 1. The van der Waals surface area contributed by atoms with E-state index in [-0.39, 0.29) is 40.7 Å². The van der Waals surface area contributed by atoms with Crippen LogP contribution < -0.4 is 29.6 Å². The zero-order valence-electron chi connectivity index (χ0n) is 9.04. The smallest absolute Gasteiger partial charge is 0.745 e. The van der Waals surface area contributed by atoms with Crippen LogP contribution in [0.1, 0.15) is 21.4 Å². The molecule has 0 fully saturated rings. The molecule has 1 aliphatic rings. The van der Waals surface area contributed by atoms with Crippen LogP contribution in [0.25, 0.3) is 0 Å². The average molecular weight is 740 g/mol. The Labute approximate surface area is 186 Å². The number of cyclic esters (lactones) is 1. The molecule has 1 unspecified atom stereocenters. The van der Waals surface area contributed by atoms with Crippen molar-refractivity contribution < 1.29 is 52.1 Å². The molecule has 0 saturated carbocycles. The van der Waals surface area contributed by atoms with Crippen molar-refractivity contribution in [3.8, 4) is 0 Å². The summed E-state index contributed by atoms with van der Waals surface area (Å²) in [5, 5.41) is 0. The average Bonchev–Trinajstić information content (AvgIpc) is 2.61. The van der Waals surface area contributed by atoms with Gasteiger partial charge in [-0.3, -0.25) is 0 Å². The van der Waals surface area contributed by atoms with Gasteiger partial charge >= 0.3 is 35.5 Å². The Morgan fingerprint density at radius 1 is 1.00 bits per heavy atom. The van der Waals surface area contributed by atoms with Gasteiger partial charge in [-0.05, 0) is 90.4 Å². The third-order valence-corrected chi connectivity index (χ3v) is 10.5. The number of carbonyl (C=O) groups is 1. The molecule has 1 heterocycles. The minimum atomic E-state index is -4.72. The number of ether oxygens (including phenoxy) is 1. The van der Waals surface area contributed by atoms with Crippen LogP contribution in [-0.4, -0.2) is 18.9 Å². The molecule has 0 spiro atoms. The molecule has 1 aromatic carbocycles. The molecule has 2 rings (SSSR count). The maximum atomic E-state index is 11.7. The first-order valence-electron chi connectivity index (χ1n) is 4.17. The molecule has 0 N–H and O–H groups in total. The van der Waals surface area contributed by atoms with Crippen LogP contribution >= 0.6 is 90.4 Å². The molecule has 11 heteroatoms. The number of hydrogen-bond donors (Lipinski definition) is 0. The molecule has 1 aliphatic heterocycles. The van der Waals surface area contributed by atoms with Gasteiger partial charge < -0.3 is 9.29 Å². The van der Waals surface area contributed by atoms with E-state index in [9.17, 15) is 17.8 Å². The maximum absolute atomic E-state index is 11.7. The molecule has 0 amide bonds. The molecular formula is C8HI4NaO5S. The zero-order valence-corrected chi connectivity index (χ0v) is 20.5. The minimum absolute atomic E-state index is 0. The van der Waals surface area contributed by atoms with Crippen molar-refractivity contribution in [1.82, 2.24) is 0 Å². The number of hydrogen-bond acceptors (Lipinski definition) is 5. The van der Waals surface area contributed by atoms with Gasteiger partial charge in [-0.15, -0.1) is 0 Å². The van der Waals surface area contributed by atoms with Crippen molar-refractivity contribution in [3.05, 3.63) is 25.4 Å². The van der Waals surface area contributed by atoms with Crippen molar-refractivity contribution in [1.29, 1.82) is 0 Å². The molecule has 0 aromatic heterocycles. The molecule has 1 aromatic rings. The van der Waals surface area contributed by atoms with Crippen molar-refractivity contribution in [3.63, 3.8) is 0 Å². The molecular weight excluding hydrogens is 739 g/mol. The van der Waals surface area contributed by atoms with Crippen LogP contribution in [0, 0.1) is 14.3 Å². The molecule has 98 valence electrons. The predicted octanol–water partition coefficient (Wildman–Crippen LogP) is -0.177. The second-order valence-corrected chi connectivity index (χ2v) is 9.00. The Kier molecular flexibility index (Phi) is 7.17. The van der Waals surface area contributed by atoms with E-state index >= 15 is 0 Å². The Morgan fingerprint density at radius 2 is 1.47 bits per heavy atom. The summed E-state index contributed by atoms with van der Waals surface area (Å²) >= 11 is 8.00. The topological polar surface area (TPSA) is 83.5 Å². The first-order chi connectivity index (χ1) is 8.16. The summed E-state index contributed by atoms with van der Waals surface area (Å²) in [5.41, 5.74) is -1.37. The van der Waals surface area contributed by atoms with Crippen LogP contribution in [0.5, 0.6) is 0 Å². The molecule has 19 heavy (non-hydrogen) atoms. The predicted molar refractivity (Wildman–Crippen MR) is 95.2 cm³/mol. The molecule has 0 saturated heterocycles. The fourth-order valence-corrected chi connectivity index (χ4v) is 6.16. The quantitative estimate of drug-likeness (QED) is 0.0999. The summed E-state index contributed by atoms with van der Waals surface area (Å²) in [7, 11) is -4.72. The summed E-state index contributed by atoms with van der Waals surface area (Å²) in [4.78, 5) is 11.7. The van der Waals surface area contributed by atoms with Gasteiger partial charge in [0.1, 0.15) is 10.1 Å². The number of esters is 1. The third-order valence-electron chi connectivity index (χ3n) is 2.22. The summed E-state index contributed by atoms with van der Waals surface area (Å²) < 4.78 is 41.0. The Bertz CT molecular complexity index is 674. The Morgan fingerprint density at radius 3 is 1.95 bits per heavy atom. The first kappa shape index (κ1) is 19.6. The van der Waals surface area contributed by atoms with Crippen molar-refractivity contribution in [2.75, 3.05) is 0 Å². The van der Waals surface area contributed by atoms with Gasteiger partial charge in [0.2, 0.25) is 5.44 Å². The number of halogens is 4. The van der Waals surface area contributed by atoms with Crippen molar-refractivity contribution in [2.24, 2.45) is 0 Å². The van der Waals surface area contributed by atoms with Crippen LogP contribution in [0.2, 0.25) is 0 Å². The second kappa shape index (κ2) is 6.96. The maximum Gasteiger partial charge on any atom is 1.00 e. The van der Waals surface area contributed by atoms with E-state index < -0.39 is 21.5 Å². The largest absolute Gasteiger partial charge is 1.00 e. The van der Waals surface area contributed by atoms with Crippen LogP contribution in [0.4, 0.5) is 0 Å². The van der Waals surface area contributed by atoms with E-state index in [4.69, 9.17) is 4.74 Å². The third kappa shape index (κ3) is 3.55. The van der Waals surface area contributed by atoms with Crippen molar-refractivity contribution >= 4 is 106 Å². The summed E-state index contributed by atoms with van der Waals surface area (Å²) in [5.74, 6) is -0.758. The SMILES string of the molecule is O=C1OC(S(=O)(=O)[O-])c2c(I)c(I)c(I)c(I)c21.[Na+]. The summed E-state index contributed by atoms with van der Waals surface area (Å²) in [6.45, 7) is 0. The Balaban J connectivity index is 0.00000180. The van der Waals surface area contributed by atoms with Gasteiger partial charge in [-0.2, -0.15) is 0 Å². The van der Waals surface area contributed by atoms with E-state index in [0.717, 1.165) is 7.14 Å². The van der Waals surface area contributed by atoms with E-state index in [1.165, 1.54) is 0 Å². The van der Waals surface area contributed by atoms with Crippen LogP contribution in [-0.2, 0) is 14.9 Å². The molecule has 0 bridgehead atoms. The fraction of sp³-hybridized carbons (Fsp3) is 0.125. The van der Waals surface area contributed by atoms with Gasteiger partial charge in [0.25, 0.3) is 0 Å². The Hall–Kier alpha value is 2.52. The van der Waals surface area contributed by atoms with Crippen molar-refractivity contribution in [2.45, 2.75) is 5.44 Å². The second-order valence-electron chi connectivity index (χ2n) is 3.27. The molecule has 1 atom stereocenters. The fourth-order valence-electron chi connectivity index (χ4n) is 1.49. The van der Waals surface area contributed by atoms with E-state index in [1.54, 1.807) is 0 Å². The van der Waals surface area contributed by atoms with Gasteiger partial charge in [0.15, 0.2) is 0 Å². The van der Waals surface area contributed by atoms with E-state index in [2.05, 4.69) is 22.6 Å². The van der Waals surface area contributed by atoms with Gasteiger partial charge in [-0.25, -0.2) is 13.2 Å². The first-order valence-corrected chi connectivity index (χ1v) is 9.96. The number of fused-ring (bicyclic) bond motifs is 1. The summed E-state index contributed by atoms with van der Waals surface area (Å²) in [6, 6.07) is 0. The van der Waals surface area contributed by atoms with E-state index in [0.29, 0.717) is 7.14 Å². The number of carbonyl (C=O) groups excluding carboxylic acids is 1. The van der Waals surface area contributed by atoms with Gasteiger partial charge in [-0.1, -0.05) is 0 Å². The van der Waals surface area contributed by atoms with Crippen LogP contribution in [0.3, 0.4) is 0 Å². The summed E-state index contributed by atoms with van der Waals surface area (Å²) in [6.07, 6.45) is 0. The van der Waals surface area contributed by atoms with E-state index in [1.807, 2.05) is 67.8 Å². The van der Waals surface area contributed by atoms with Gasteiger partial charge in [0, 0.05) is 19.8 Å².